The fourth-order valence-corrected chi connectivity index (χ4v) is 7.25. The molecule has 2 aliphatic rings. The van der Waals surface area contributed by atoms with Crippen molar-refractivity contribution in [2.24, 2.45) is 11.8 Å². The normalized spacial score (nSPS) is 18.5. The molecule has 14 heteroatoms. The first-order valence-electron chi connectivity index (χ1n) is 17.9. The van der Waals surface area contributed by atoms with Gasteiger partial charge in [-0.15, -0.1) is 0 Å². The van der Waals surface area contributed by atoms with E-state index in [4.69, 9.17) is 14.5 Å². The number of nitrogens with zero attached hydrogens (tertiary/aromatic N) is 4. The third kappa shape index (κ3) is 7.46. The van der Waals surface area contributed by atoms with E-state index in [1.165, 1.54) is 14.2 Å². The molecule has 0 radical (unpaired) electrons. The number of hydrogen-bond acceptors (Lipinski definition) is 8. The first-order valence-corrected chi connectivity index (χ1v) is 17.9. The summed E-state index contributed by atoms with van der Waals surface area (Å²) in [7, 11) is 2.57. The van der Waals surface area contributed by atoms with Gasteiger partial charge in [0.15, 0.2) is 0 Å². The van der Waals surface area contributed by atoms with Gasteiger partial charge < -0.3 is 39.9 Å². The van der Waals surface area contributed by atoms with Gasteiger partial charge in [-0.05, 0) is 66.3 Å². The highest BCUT2D eigenvalue weighted by Crippen LogP contribution is 2.35. The molecule has 4 N–H and O–H groups in total. The van der Waals surface area contributed by atoms with Crippen molar-refractivity contribution in [2.75, 3.05) is 27.3 Å². The van der Waals surface area contributed by atoms with Crippen LogP contribution in [0.3, 0.4) is 0 Å². The number of methoxy groups -OCH3 is 2. The van der Waals surface area contributed by atoms with Gasteiger partial charge in [0, 0.05) is 13.1 Å². The van der Waals surface area contributed by atoms with Gasteiger partial charge >= 0.3 is 12.2 Å². The molecule has 0 aliphatic carbocycles. The number of aromatic nitrogens is 4. The Bertz CT molecular complexity index is 1920. The summed E-state index contributed by atoms with van der Waals surface area (Å²) >= 11 is 0. The molecule has 0 unspecified atom stereocenters. The monoisotopic (exact) mass is 712 g/mol. The number of rotatable bonds is 10. The Morgan fingerprint density at radius 2 is 1.25 bits per heavy atom. The van der Waals surface area contributed by atoms with Crippen LogP contribution in [0.4, 0.5) is 9.59 Å². The fourth-order valence-electron chi connectivity index (χ4n) is 7.25. The van der Waals surface area contributed by atoms with Gasteiger partial charge in [-0.3, -0.25) is 9.59 Å². The molecule has 2 saturated heterocycles. The van der Waals surface area contributed by atoms with Crippen LogP contribution in [0.1, 0.15) is 77.1 Å². The van der Waals surface area contributed by atoms with Crippen molar-refractivity contribution in [3.05, 3.63) is 60.3 Å². The van der Waals surface area contributed by atoms with Gasteiger partial charge in [0.25, 0.3) is 0 Å². The van der Waals surface area contributed by atoms with Crippen LogP contribution in [0.2, 0.25) is 0 Å². The van der Waals surface area contributed by atoms with E-state index in [2.05, 4.69) is 43.8 Å². The Balaban J connectivity index is 1.16. The lowest BCUT2D eigenvalue weighted by Crippen LogP contribution is -2.51. The summed E-state index contributed by atoms with van der Waals surface area (Å²) in [4.78, 5) is 71.0. The van der Waals surface area contributed by atoms with Gasteiger partial charge in [0.05, 0.1) is 49.2 Å². The number of likely N-dealkylation sites (tertiary alicyclic amines) is 2. The Morgan fingerprint density at radius 3 is 1.79 bits per heavy atom. The van der Waals surface area contributed by atoms with E-state index in [0.717, 1.165) is 64.9 Å². The third-order valence-electron chi connectivity index (χ3n) is 10.1. The predicted molar refractivity (Wildman–Crippen MR) is 195 cm³/mol. The van der Waals surface area contributed by atoms with Crippen LogP contribution in [0.25, 0.3) is 33.4 Å². The zero-order valence-electron chi connectivity index (χ0n) is 30.6. The lowest BCUT2D eigenvalue weighted by atomic mass is 10.0. The molecule has 4 aromatic rings. The molecule has 2 aromatic carbocycles. The number of alkyl carbamates (subject to hydrolysis) is 2. The van der Waals surface area contributed by atoms with Gasteiger partial charge in [-0.1, -0.05) is 58.0 Å². The number of carbonyl (C=O) groups excluding carboxylic acids is 4. The van der Waals surface area contributed by atoms with Gasteiger partial charge in [0.1, 0.15) is 23.7 Å². The topological polar surface area (TPSA) is 175 Å². The van der Waals surface area contributed by atoms with Crippen LogP contribution in [-0.2, 0) is 19.1 Å². The maximum absolute atomic E-state index is 13.6. The van der Waals surface area contributed by atoms with Crippen LogP contribution >= 0.6 is 0 Å². The molecule has 14 nitrogen and oxygen atoms in total. The molecule has 4 atom stereocenters. The lowest BCUT2D eigenvalue weighted by molar-refractivity contribution is -0.136. The maximum Gasteiger partial charge on any atom is 0.407 e. The summed E-state index contributed by atoms with van der Waals surface area (Å²) in [6.07, 6.45) is 3.78. The number of ether oxygens (including phenoxy) is 2. The highest BCUT2D eigenvalue weighted by molar-refractivity contribution is 5.88. The Morgan fingerprint density at radius 1 is 0.731 bits per heavy atom. The zero-order chi connectivity index (χ0) is 37.1. The Kier molecular flexibility index (Phi) is 10.8. The molecule has 52 heavy (non-hydrogen) atoms. The number of carbonyl (C=O) groups is 4. The highest BCUT2D eigenvalue weighted by Gasteiger charge is 2.39. The zero-order valence-corrected chi connectivity index (χ0v) is 30.6. The molecular formula is C38H48N8O6. The first-order chi connectivity index (χ1) is 25.0. The quantitative estimate of drug-likeness (QED) is 0.162. The average Bonchev–Trinajstić information content (AvgIpc) is 3.97. The van der Waals surface area contributed by atoms with Crippen LogP contribution in [0.15, 0.2) is 48.7 Å². The average molecular weight is 713 g/mol. The molecule has 4 amide bonds. The minimum Gasteiger partial charge on any atom is -0.453 e. The van der Waals surface area contributed by atoms with Crippen LogP contribution in [0.5, 0.6) is 0 Å². The molecular weight excluding hydrogens is 664 g/mol. The standard InChI is InChI=1S/C38H48N8O6/c1-21(2)31(43-37(49)51-5)35(47)45-17-7-9-29(45)33-39-20-28(42-33)24-13-11-23(12-14-24)25-15-16-26-27(19-25)41-34(40-26)30-10-8-18-46(30)36(48)32(22(3)4)44-38(50)52-6/h11-16,19-22,29-32H,7-10,17-18H2,1-6H3,(H,39,42)(H,40,41)(H,43,49)(H,44,50)/t29-,30-,31+,32-/m0/s1. The van der Waals surface area contributed by atoms with E-state index in [1.54, 1.807) is 11.1 Å². The summed E-state index contributed by atoms with van der Waals surface area (Å²) in [5.74, 6) is 0.938. The molecule has 276 valence electrons. The van der Waals surface area contributed by atoms with Crippen molar-refractivity contribution in [2.45, 2.75) is 77.5 Å². The summed E-state index contributed by atoms with van der Waals surface area (Å²) in [5, 5.41) is 5.39. The van der Waals surface area contributed by atoms with Crippen molar-refractivity contribution in [3.63, 3.8) is 0 Å². The summed E-state index contributed by atoms with van der Waals surface area (Å²) in [5.41, 5.74) is 5.54. The number of amides is 4. The number of aromatic amines is 2. The van der Waals surface area contributed by atoms with E-state index in [-0.39, 0.29) is 35.7 Å². The number of fused-ring (bicyclic) bond motifs is 1. The largest absolute Gasteiger partial charge is 0.453 e. The number of nitrogens with one attached hydrogen (secondary N) is 4. The molecule has 6 rings (SSSR count). The molecule has 0 spiro atoms. The minimum atomic E-state index is -0.693. The molecule has 0 bridgehead atoms. The second kappa shape index (κ2) is 15.5. The summed E-state index contributed by atoms with van der Waals surface area (Å²) < 4.78 is 9.51. The van der Waals surface area contributed by atoms with Gasteiger partial charge in [0.2, 0.25) is 11.8 Å². The van der Waals surface area contributed by atoms with Gasteiger partial charge in [-0.2, -0.15) is 0 Å². The molecule has 4 heterocycles. The lowest BCUT2D eigenvalue weighted by Gasteiger charge is -2.30. The van der Waals surface area contributed by atoms with Crippen molar-refractivity contribution in [1.82, 2.24) is 40.4 Å². The fraction of sp³-hybridized carbons (Fsp3) is 0.474. The Labute approximate surface area is 303 Å². The number of benzene rings is 2. The third-order valence-corrected chi connectivity index (χ3v) is 10.1. The van der Waals surface area contributed by atoms with E-state index in [9.17, 15) is 19.2 Å². The summed E-state index contributed by atoms with van der Waals surface area (Å²) in [6.45, 7) is 8.77. The molecule has 2 aromatic heterocycles. The van der Waals surface area contributed by atoms with Crippen molar-refractivity contribution < 1.29 is 28.7 Å². The minimum absolute atomic E-state index is 0.108. The predicted octanol–water partition coefficient (Wildman–Crippen LogP) is 5.71. The maximum atomic E-state index is 13.6. The molecule has 2 aliphatic heterocycles. The van der Waals surface area contributed by atoms with Crippen molar-refractivity contribution in [3.8, 4) is 22.4 Å². The highest BCUT2D eigenvalue weighted by atomic mass is 16.5. The smallest absolute Gasteiger partial charge is 0.407 e. The van der Waals surface area contributed by atoms with E-state index in [0.29, 0.717) is 18.9 Å². The second-order valence-electron chi connectivity index (χ2n) is 14.2. The van der Waals surface area contributed by atoms with Crippen molar-refractivity contribution >= 4 is 35.0 Å². The Hall–Kier alpha value is -5.40. The van der Waals surface area contributed by atoms with E-state index < -0.39 is 24.3 Å². The number of imidazole rings is 2. The molecule has 0 saturated carbocycles. The number of hydrogen-bond donors (Lipinski definition) is 4. The van der Waals surface area contributed by atoms with E-state index in [1.807, 2.05) is 56.9 Å². The van der Waals surface area contributed by atoms with Crippen LogP contribution in [-0.4, -0.2) is 93.1 Å². The second-order valence-corrected chi connectivity index (χ2v) is 14.2. The number of H-pyrrole nitrogens is 2. The van der Waals surface area contributed by atoms with Crippen molar-refractivity contribution in [1.29, 1.82) is 0 Å². The van der Waals surface area contributed by atoms with Crippen LogP contribution in [0, 0.1) is 11.8 Å². The molecule has 2 fully saturated rings. The SMILES string of the molecule is COC(=O)N[C@H](C(=O)N1CCC[C@H]1c1nc2ccc(-c3ccc(-c4cnc([C@@H]5CCCN5C(=O)[C@H](NC(=O)OC)C(C)C)[nH]4)cc3)cc2[nH]1)C(C)C. The summed E-state index contributed by atoms with van der Waals surface area (Å²) in [6, 6.07) is 12.5. The first kappa shape index (κ1) is 36.4. The van der Waals surface area contributed by atoms with Crippen LogP contribution < -0.4 is 10.6 Å². The van der Waals surface area contributed by atoms with Gasteiger partial charge in [-0.25, -0.2) is 19.6 Å². The van der Waals surface area contributed by atoms with E-state index >= 15 is 0 Å².